The van der Waals surface area contributed by atoms with E-state index in [9.17, 15) is 24.3 Å². The molecule has 13 heteroatoms. The summed E-state index contributed by atoms with van der Waals surface area (Å²) < 4.78 is 6.41. The van der Waals surface area contributed by atoms with Gasteiger partial charge in [0.05, 0.1) is 23.5 Å². The third-order valence-electron chi connectivity index (χ3n) is 6.55. The monoisotopic (exact) mass is 575 g/mol. The summed E-state index contributed by atoms with van der Waals surface area (Å²) in [4.78, 5) is 60.4. The predicted octanol–water partition coefficient (Wildman–Crippen LogP) is 3.26. The molecule has 5 N–H and O–H groups in total. The first-order valence-electron chi connectivity index (χ1n) is 13.3. The van der Waals surface area contributed by atoms with E-state index in [1.54, 1.807) is 19.1 Å². The van der Waals surface area contributed by atoms with Gasteiger partial charge in [0.15, 0.2) is 0 Å². The van der Waals surface area contributed by atoms with Gasteiger partial charge in [0, 0.05) is 31.3 Å². The van der Waals surface area contributed by atoms with Crippen LogP contribution in [0.4, 0.5) is 16.6 Å². The SMILES string of the molecule is Cc1cc2nc(NC(=O)CCNc3nc(=O)n(CC(CC(=O)O)NC(=O)OCc4ccccc4)cc3C)[nH]c2cc1C. The normalized spacial score (nSPS) is 11.6. The van der Waals surface area contributed by atoms with Crippen molar-refractivity contribution in [3.63, 3.8) is 0 Å². The topological polar surface area (TPSA) is 180 Å². The van der Waals surface area contributed by atoms with Gasteiger partial charge in [0.25, 0.3) is 0 Å². The molecule has 0 aliphatic rings. The number of ether oxygens (including phenoxy) is 1. The fraction of sp³-hybridized carbons (Fsp3) is 0.310. The minimum absolute atomic E-state index is 0.0170. The second kappa shape index (κ2) is 13.4. The molecule has 4 aromatic rings. The van der Waals surface area contributed by atoms with Gasteiger partial charge in [-0.05, 0) is 49.6 Å². The van der Waals surface area contributed by atoms with E-state index in [4.69, 9.17) is 4.74 Å². The molecular weight excluding hydrogens is 542 g/mol. The summed E-state index contributed by atoms with van der Waals surface area (Å²) in [5, 5.41) is 17.5. The van der Waals surface area contributed by atoms with Crippen LogP contribution in [-0.4, -0.2) is 55.2 Å². The van der Waals surface area contributed by atoms with E-state index in [1.165, 1.54) is 10.8 Å². The summed E-state index contributed by atoms with van der Waals surface area (Å²) >= 11 is 0. The van der Waals surface area contributed by atoms with Crippen molar-refractivity contribution < 1.29 is 24.2 Å². The van der Waals surface area contributed by atoms with E-state index >= 15 is 0 Å². The number of hydrogen-bond acceptors (Lipinski definition) is 8. The highest BCUT2D eigenvalue weighted by atomic mass is 16.5. The molecule has 0 aliphatic heterocycles. The first-order valence-corrected chi connectivity index (χ1v) is 13.3. The maximum Gasteiger partial charge on any atom is 0.407 e. The molecule has 0 saturated carbocycles. The Morgan fingerprint density at radius 1 is 1.05 bits per heavy atom. The maximum absolute atomic E-state index is 12.7. The van der Waals surface area contributed by atoms with Crippen LogP contribution in [0.2, 0.25) is 0 Å². The second-order valence-electron chi connectivity index (χ2n) is 9.97. The zero-order valence-electron chi connectivity index (χ0n) is 23.6. The number of aryl methyl sites for hydroxylation is 3. The van der Waals surface area contributed by atoms with Crippen molar-refractivity contribution in [1.82, 2.24) is 24.8 Å². The number of alkyl carbamates (subject to hydrolysis) is 1. The zero-order valence-corrected chi connectivity index (χ0v) is 23.6. The van der Waals surface area contributed by atoms with Gasteiger partial charge in [0.2, 0.25) is 11.9 Å². The van der Waals surface area contributed by atoms with Crippen molar-refractivity contribution in [2.75, 3.05) is 17.2 Å². The Labute approximate surface area is 241 Å². The molecule has 0 fully saturated rings. The van der Waals surface area contributed by atoms with E-state index in [1.807, 2.05) is 44.2 Å². The first-order chi connectivity index (χ1) is 20.1. The maximum atomic E-state index is 12.7. The molecule has 0 bridgehead atoms. The molecule has 1 unspecified atom stereocenters. The van der Waals surface area contributed by atoms with Crippen LogP contribution in [0.3, 0.4) is 0 Å². The number of carbonyl (C=O) groups excluding carboxylic acids is 2. The molecule has 42 heavy (non-hydrogen) atoms. The molecule has 2 aromatic heterocycles. The summed E-state index contributed by atoms with van der Waals surface area (Å²) in [6, 6.07) is 12.0. The Hall–Kier alpha value is -5.20. The van der Waals surface area contributed by atoms with Crippen LogP contribution in [0.5, 0.6) is 0 Å². The third kappa shape index (κ3) is 8.16. The zero-order chi connectivity index (χ0) is 30.2. The molecule has 1 atom stereocenters. The number of aliphatic carboxylic acids is 1. The van der Waals surface area contributed by atoms with Gasteiger partial charge in [-0.2, -0.15) is 4.98 Å². The second-order valence-corrected chi connectivity index (χ2v) is 9.97. The van der Waals surface area contributed by atoms with Crippen LogP contribution in [0.25, 0.3) is 11.0 Å². The van der Waals surface area contributed by atoms with Gasteiger partial charge < -0.3 is 25.5 Å². The average Bonchev–Trinajstić information content (AvgIpc) is 3.31. The van der Waals surface area contributed by atoms with Crippen molar-refractivity contribution >= 4 is 40.8 Å². The Morgan fingerprint density at radius 3 is 2.52 bits per heavy atom. The first kappa shape index (κ1) is 29.8. The smallest absolute Gasteiger partial charge is 0.407 e. The minimum Gasteiger partial charge on any atom is -0.481 e. The van der Waals surface area contributed by atoms with Crippen molar-refractivity contribution in [3.8, 4) is 0 Å². The van der Waals surface area contributed by atoms with Gasteiger partial charge in [-0.3, -0.25) is 19.5 Å². The van der Waals surface area contributed by atoms with Crippen LogP contribution < -0.4 is 21.6 Å². The van der Waals surface area contributed by atoms with E-state index in [2.05, 4.69) is 30.9 Å². The number of aromatic nitrogens is 4. The van der Waals surface area contributed by atoms with Gasteiger partial charge in [-0.25, -0.2) is 14.6 Å². The number of carboxylic acids is 1. The number of nitrogens with zero attached hydrogens (tertiary/aromatic N) is 3. The average molecular weight is 576 g/mol. The van der Waals surface area contributed by atoms with Crippen LogP contribution in [0.15, 0.2) is 53.5 Å². The largest absolute Gasteiger partial charge is 0.481 e. The van der Waals surface area contributed by atoms with Crippen LogP contribution in [0, 0.1) is 20.8 Å². The number of nitrogens with one attached hydrogen (secondary N) is 4. The van der Waals surface area contributed by atoms with E-state index < -0.39 is 30.2 Å². The molecule has 0 radical (unpaired) electrons. The summed E-state index contributed by atoms with van der Waals surface area (Å²) in [7, 11) is 0. The minimum atomic E-state index is -1.15. The highest BCUT2D eigenvalue weighted by Gasteiger charge is 2.19. The summed E-state index contributed by atoms with van der Waals surface area (Å²) in [6.07, 6.45) is 0.384. The summed E-state index contributed by atoms with van der Waals surface area (Å²) in [5.41, 5.74) is 4.55. The molecule has 0 spiro atoms. The molecular formula is C29H33N7O6. The number of aromatic amines is 1. The molecule has 0 saturated heterocycles. The molecule has 4 rings (SSSR count). The lowest BCUT2D eigenvalue weighted by Crippen LogP contribution is -2.42. The van der Waals surface area contributed by atoms with Gasteiger partial charge in [-0.15, -0.1) is 0 Å². The fourth-order valence-corrected chi connectivity index (χ4v) is 4.27. The fourth-order valence-electron chi connectivity index (χ4n) is 4.27. The number of imidazole rings is 1. The lowest BCUT2D eigenvalue weighted by atomic mass is 10.1. The Balaban J connectivity index is 1.31. The van der Waals surface area contributed by atoms with Crippen LogP contribution in [-0.2, 0) is 27.5 Å². The molecule has 220 valence electrons. The lowest BCUT2D eigenvalue weighted by molar-refractivity contribution is -0.137. The van der Waals surface area contributed by atoms with Crippen molar-refractivity contribution in [2.24, 2.45) is 0 Å². The number of H-pyrrole nitrogens is 1. The summed E-state index contributed by atoms with van der Waals surface area (Å²) in [5.74, 6) is -0.776. The van der Waals surface area contributed by atoms with E-state index in [0.29, 0.717) is 17.3 Å². The number of carboxylic acid groups (broad SMARTS) is 1. The number of fused-ring (bicyclic) bond motifs is 1. The van der Waals surface area contributed by atoms with Gasteiger partial charge in [0.1, 0.15) is 12.4 Å². The molecule has 0 aliphatic carbocycles. The van der Waals surface area contributed by atoms with Crippen molar-refractivity contribution in [1.29, 1.82) is 0 Å². The molecule has 13 nitrogen and oxygen atoms in total. The summed E-state index contributed by atoms with van der Waals surface area (Å²) in [6.45, 7) is 5.82. The van der Waals surface area contributed by atoms with Crippen molar-refractivity contribution in [2.45, 2.75) is 52.8 Å². The number of amides is 2. The highest BCUT2D eigenvalue weighted by molar-refractivity contribution is 5.91. The Kier molecular flexibility index (Phi) is 9.53. The molecule has 2 aromatic carbocycles. The van der Waals surface area contributed by atoms with Crippen LogP contribution in [0.1, 0.15) is 35.1 Å². The standard InChI is InChI=1S/C29H33N7O6/c1-17-11-22-23(12-18(17)2)33-27(32-22)34-24(37)9-10-30-26-19(3)14-36(28(40)35-26)15-21(13-25(38)39)31-29(41)42-16-20-7-5-4-6-8-20/h4-8,11-12,14,21H,9-10,13,15-16H2,1-3H3,(H,31,41)(H,38,39)(H,30,35,40)(H2,32,33,34,37). The van der Waals surface area contributed by atoms with Crippen molar-refractivity contribution in [3.05, 3.63) is 81.4 Å². The van der Waals surface area contributed by atoms with Crippen LogP contribution >= 0.6 is 0 Å². The predicted molar refractivity (Wildman–Crippen MR) is 156 cm³/mol. The molecule has 2 heterocycles. The number of anilines is 2. The lowest BCUT2D eigenvalue weighted by Gasteiger charge is -2.19. The quantitative estimate of drug-likeness (QED) is 0.169. The van der Waals surface area contributed by atoms with Gasteiger partial charge in [-0.1, -0.05) is 30.3 Å². The van der Waals surface area contributed by atoms with E-state index in [0.717, 1.165) is 27.7 Å². The number of rotatable bonds is 12. The Morgan fingerprint density at radius 2 is 1.79 bits per heavy atom. The number of carbonyl (C=O) groups is 3. The van der Waals surface area contributed by atoms with Gasteiger partial charge >= 0.3 is 17.8 Å². The Bertz CT molecular complexity index is 1610. The molecule has 2 amide bonds. The number of benzene rings is 2. The highest BCUT2D eigenvalue weighted by Crippen LogP contribution is 2.19. The number of hydrogen-bond donors (Lipinski definition) is 5. The van der Waals surface area contributed by atoms with E-state index in [-0.39, 0.29) is 32.0 Å². The third-order valence-corrected chi connectivity index (χ3v) is 6.55.